The Bertz CT molecular complexity index is 1550. The number of hydrogen-bond acceptors (Lipinski definition) is 6. The van der Waals surface area contributed by atoms with Crippen LogP contribution in [0, 0.1) is 6.92 Å². The molecule has 0 fully saturated rings. The topological polar surface area (TPSA) is 85.0 Å². The Morgan fingerprint density at radius 2 is 1.40 bits per heavy atom. The molecule has 1 heterocycles. The van der Waals surface area contributed by atoms with Gasteiger partial charge in [0.2, 0.25) is 5.89 Å². The highest BCUT2D eigenvalue weighted by Gasteiger charge is 2.13. The minimum atomic E-state index is -0.846. The van der Waals surface area contributed by atoms with Crippen molar-refractivity contribution in [1.82, 2.24) is 9.88 Å². The molecule has 4 aromatic carbocycles. The van der Waals surface area contributed by atoms with Crippen molar-refractivity contribution in [3.8, 4) is 28.7 Å². The number of ether oxygens (including phenoxy) is 2. The third-order valence-corrected chi connectivity index (χ3v) is 6.83. The van der Waals surface area contributed by atoms with E-state index in [1.54, 1.807) is 0 Å². The largest absolute Gasteiger partial charge is 0.493 e. The van der Waals surface area contributed by atoms with Gasteiger partial charge < -0.3 is 19.0 Å². The number of para-hydroxylation sites is 1. The Morgan fingerprint density at radius 1 is 0.786 bits per heavy atom. The smallest absolute Gasteiger partial charge is 0.317 e. The highest BCUT2D eigenvalue weighted by atomic mass is 16.5. The first-order valence-electron chi connectivity index (χ1n) is 14.0. The first-order valence-corrected chi connectivity index (χ1v) is 14.0. The van der Waals surface area contributed by atoms with Crippen molar-refractivity contribution in [3.05, 3.63) is 132 Å². The van der Waals surface area contributed by atoms with Crippen LogP contribution in [-0.4, -0.2) is 40.7 Å². The van der Waals surface area contributed by atoms with Gasteiger partial charge in [-0.05, 0) is 73.0 Å². The summed E-state index contributed by atoms with van der Waals surface area (Å²) >= 11 is 0. The zero-order chi connectivity index (χ0) is 29.1. The predicted octanol–water partition coefficient (Wildman–Crippen LogP) is 7.19. The number of rotatable bonds is 14. The lowest BCUT2D eigenvalue weighted by Crippen LogP contribution is -2.31. The second-order valence-corrected chi connectivity index (χ2v) is 10.0. The number of benzene rings is 4. The maximum absolute atomic E-state index is 11.5. The number of hydrogen-bond donors (Lipinski definition) is 1. The number of carboxylic acid groups (broad SMARTS) is 1. The van der Waals surface area contributed by atoms with Crippen LogP contribution in [0.5, 0.6) is 17.2 Å². The summed E-state index contributed by atoms with van der Waals surface area (Å²) in [4.78, 5) is 18.1. The quantitative estimate of drug-likeness (QED) is 0.153. The van der Waals surface area contributed by atoms with Crippen molar-refractivity contribution in [2.45, 2.75) is 26.3 Å². The van der Waals surface area contributed by atoms with Gasteiger partial charge in [0.15, 0.2) is 0 Å². The Balaban J connectivity index is 1.10. The van der Waals surface area contributed by atoms with Gasteiger partial charge in [0.25, 0.3) is 0 Å². The number of aliphatic carboxylic acids is 1. The van der Waals surface area contributed by atoms with Crippen LogP contribution < -0.4 is 9.47 Å². The average molecular weight is 563 g/mol. The minimum absolute atomic E-state index is 0.0308. The van der Waals surface area contributed by atoms with Crippen LogP contribution in [0.25, 0.3) is 11.5 Å². The molecule has 1 aromatic heterocycles. The standard InChI is InChI=1S/C35H34N2O5/c1-26-33(36-35(41-26)29-8-4-2-5-9-29)21-23-40-30-16-12-27(13-17-30)20-22-37(25-34(38)39)24-28-14-18-32(19-15-28)42-31-10-6-3-7-11-31/h2-19H,20-25H2,1H3,(H,38,39). The van der Waals surface area contributed by atoms with Crippen molar-refractivity contribution >= 4 is 5.97 Å². The number of nitrogens with zero attached hydrogens (tertiary/aromatic N) is 2. The van der Waals surface area contributed by atoms with E-state index in [2.05, 4.69) is 4.98 Å². The number of aryl methyl sites for hydroxylation is 1. The Morgan fingerprint density at radius 3 is 2.10 bits per heavy atom. The maximum atomic E-state index is 11.5. The summed E-state index contributed by atoms with van der Waals surface area (Å²) in [5.74, 6) is 2.87. The molecule has 1 N–H and O–H groups in total. The van der Waals surface area contributed by atoms with E-state index in [0.717, 1.165) is 51.8 Å². The fourth-order valence-electron chi connectivity index (χ4n) is 4.62. The molecule has 214 valence electrons. The Kier molecular flexibility index (Phi) is 9.65. The number of carbonyl (C=O) groups is 1. The normalized spacial score (nSPS) is 11.0. The lowest BCUT2D eigenvalue weighted by atomic mass is 10.1. The van der Waals surface area contributed by atoms with Gasteiger partial charge in [-0.2, -0.15) is 0 Å². The molecule has 0 aliphatic heterocycles. The van der Waals surface area contributed by atoms with Crippen LogP contribution in [0.4, 0.5) is 0 Å². The van der Waals surface area contributed by atoms with Gasteiger partial charge in [0, 0.05) is 25.1 Å². The molecule has 0 bridgehead atoms. The predicted molar refractivity (Wildman–Crippen MR) is 162 cm³/mol. The molecule has 5 rings (SSSR count). The molecular formula is C35H34N2O5. The van der Waals surface area contributed by atoms with Gasteiger partial charge in [0.05, 0.1) is 18.8 Å². The van der Waals surface area contributed by atoms with Gasteiger partial charge in [-0.1, -0.05) is 60.7 Å². The maximum Gasteiger partial charge on any atom is 0.317 e. The van der Waals surface area contributed by atoms with Gasteiger partial charge in [0.1, 0.15) is 23.0 Å². The summed E-state index contributed by atoms with van der Waals surface area (Å²) in [6, 6.07) is 35.2. The summed E-state index contributed by atoms with van der Waals surface area (Å²) in [5, 5.41) is 9.46. The highest BCUT2D eigenvalue weighted by Crippen LogP contribution is 2.23. The fraction of sp³-hybridized carbons (Fsp3) is 0.200. The van der Waals surface area contributed by atoms with E-state index in [9.17, 15) is 9.90 Å². The van der Waals surface area contributed by atoms with Gasteiger partial charge in [-0.3, -0.25) is 9.69 Å². The molecule has 0 radical (unpaired) electrons. The Hall–Kier alpha value is -4.88. The van der Waals surface area contributed by atoms with E-state index in [4.69, 9.17) is 13.9 Å². The van der Waals surface area contributed by atoms with Gasteiger partial charge >= 0.3 is 5.97 Å². The number of oxazole rings is 1. The summed E-state index contributed by atoms with van der Waals surface area (Å²) in [6.45, 7) is 3.53. The first kappa shape index (κ1) is 28.6. The molecular weight excluding hydrogens is 528 g/mol. The third-order valence-electron chi connectivity index (χ3n) is 6.83. The van der Waals surface area contributed by atoms with Gasteiger partial charge in [-0.25, -0.2) is 4.98 Å². The minimum Gasteiger partial charge on any atom is -0.493 e. The molecule has 5 aromatic rings. The van der Waals surface area contributed by atoms with Crippen LogP contribution >= 0.6 is 0 Å². The highest BCUT2D eigenvalue weighted by molar-refractivity contribution is 5.69. The molecule has 7 heteroatoms. The fourth-order valence-corrected chi connectivity index (χ4v) is 4.62. The van der Waals surface area contributed by atoms with Gasteiger partial charge in [-0.15, -0.1) is 0 Å². The molecule has 0 amide bonds. The third kappa shape index (κ3) is 8.32. The zero-order valence-electron chi connectivity index (χ0n) is 23.6. The van der Waals surface area contributed by atoms with E-state index in [-0.39, 0.29) is 6.54 Å². The second-order valence-electron chi connectivity index (χ2n) is 10.0. The van der Waals surface area contributed by atoms with Crippen molar-refractivity contribution < 1.29 is 23.8 Å². The van der Waals surface area contributed by atoms with Crippen LogP contribution in [0.2, 0.25) is 0 Å². The first-order chi connectivity index (χ1) is 20.5. The monoisotopic (exact) mass is 562 g/mol. The molecule has 0 atom stereocenters. The summed E-state index contributed by atoms with van der Waals surface area (Å²) in [7, 11) is 0. The lowest BCUT2D eigenvalue weighted by Gasteiger charge is -2.20. The van der Waals surface area contributed by atoms with Crippen molar-refractivity contribution in [2.75, 3.05) is 19.7 Å². The molecule has 0 aliphatic rings. The van der Waals surface area contributed by atoms with E-state index in [1.165, 1.54) is 0 Å². The molecule has 0 saturated carbocycles. The zero-order valence-corrected chi connectivity index (χ0v) is 23.6. The van der Waals surface area contributed by atoms with Crippen molar-refractivity contribution in [2.24, 2.45) is 0 Å². The summed E-state index contributed by atoms with van der Waals surface area (Å²) < 4.78 is 17.7. The van der Waals surface area contributed by atoms with Crippen molar-refractivity contribution in [1.29, 1.82) is 0 Å². The lowest BCUT2D eigenvalue weighted by molar-refractivity contribution is -0.138. The SMILES string of the molecule is Cc1oc(-c2ccccc2)nc1CCOc1ccc(CCN(CC(=O)O)Cc2ccc(Oc3ccccc3)cc2)cc1. The molecule has 0 saturated heterocycles. The van der Waals surface area contributed by atoms with E-state index >= 15 is 0 Å². The number of carboxylic acids is 1. The molecule has 0 aliphatic carbocycles. The second kappa shape index (κ2) is 14.1. The van der Waals surface area contributed by atoms with Crippen LogP contribution in [0.15, 0.2) is 114 Å². The molecule has 42 heavy (non-hydrogen) atoms. The molecule has 7 nitrogen and oxygen atoms in total. The van der Waals surface area contributed by atoms with E-state index < -0.39 is 5.97 Å². The molecule has 0 spiro atoms. The Labute approximate surface area is 246 Å². The summed E-state index contributed by atoms with van der Waals surface area (Å²) in [6.07, 6.45) is 1.37. The van der Waals surface area contributed by atoms with Crippen molar-refractivity contribution in [3.63, 3.8) is 0 Å². The van der Waals surface area contributed by atoms with Crippen LogP contribution in [0.1, 0.15) is 22.6 Å². The van der Waals surface area contributed by atoms with Crippen LogP contribution in [0.3, 0.4) is 0 Å². The molecule has 0 unspecified atom stereocenters. The van der Waals surface area contributed by atoms with E-state index in [0.29, 0.717) is 32.0 Å². The average Bonchev–Trinajstić information content (AvgIpc) is 3.38. The number of aromatic nitrogens is 1. The van der Waals surface area contributed by atoms with E-state index in [1.807, 2.05) is 121 Å². The summed E-state index contributed by atoms with van der Waals surface area (Å²) in [5.41, 5.74) is 3.99. The van der Waals surface area contributed by atoms with Crippen LogP contribution in [-0.2, 0) is 24.2 Å².